The Balaban J connectivity index is 2.97. The number of benzene rings is 1. The lowest BCUT2D eigenvalue weighted by atomic mass is 10.1. The largest absolute Gasteiger partial charge is 0.329 e. The second-order valence-corrected chi connectivity index (χ2v) is 4.31. The van der Waals surface area contributed by atoms with E-state index in [0.717, 1.165) is 12.1 Å². The van der Waals surface area contributed by atoms with Crippen molar-refractivity contribution < 1.29 is 0 Å². The van der Waals surface area contributed by atoms with E-state index >= 15 is 0 Å². The number of nitrogens with zero attached hydrogens (tertiary/aromatic N) is 1. The maximum atomic E-state index is 5.97. The minimum absolute atomic E-state index is 0.199. The smallest absolute Gasteiger partial charge is 0.0595 e. The third-order valence-electron chi connectivity index (χ3n) is 2.58. The molecule has 4 heteroatoms. The van der Waals surface area contributed by atoms with Crippen LogP contribution in [-0.2, 0) is 0 Å². The molecule has 0 radical (unpaired) electrons. The van der Waals surface area contributed by atoms with Gasteiger partial charge in [-0.25, -0.2) is 0 Å². The molecule has 0 aliphatic heterocycles. The van der Waals surface area contributed by atoms with Gasteiger partial charge in [-0.15, -0.1) is 0 Å². The Morgan fingerprint density at radius 2 is 2.00 bits per heavy atom. The minimum Gasteiger partial charge on any atom is -0.329 e. The SMILES string of the molecule is CCN(C)C(CN)c1ccc(Cl)c(Cl)c1. The maximum Gasteiger partial charge on any atom is 0.0595 e. The highest BCUT2D eigenvalue weighted by Gasteiger charge is 2.14. The van der Waals surface area contributed by atoms with Crippen molar-refractivity contribution in [1.82, 2.24) is 4.90 Å². The summed E-state index contributed by atoms with van der Waals surface area (Å²) in [6.07, 6.45) is 0. The molecule has 0 spiro atoms. The fraction of sp³-hybridized carbons (Fsp3) is 0.455. The Morgan fingerprint density at radius 3 is 2.47 bits per heavy atom. The molecular weight excluding hydrogens is 231 g/mol. The molecule has 0 aliphatic rings. The molecule has 1 rings (SSSR count). The lowest BCUT2D eigenvalue weighted by molar-refractivity contribution is 0.263. The molecule has 15 heavy (non-hydrogen) atoms. The molecule has 2 nitrogen and oxygen atoms in total. The number of halogens is 2. The number of hydrogen-bond acceptors (Lipinski definition) is 2. The fourth-order valence-electron chi connectivity index (χ4n) is 1.51. The molecule has 0 saturated carbocycles. The number of likely N-dealkylation sites (N-methyl/N-ethyl adjacent to an activating group) is 1. The van der Waals surface area contributed by atoms with Crippen LogP contribution in [0.3, 0.4) is 0 Å². The highest BCUT2D eigenvalue weighted by atomic mass is 35.5. The van der Waals surface area contributed by atoms with E-state index < -0.39 is 0 Å². The first-order valence-corrected chi connectivity index (χ1v) is 5.71. The summed E-state index contributed by atoms with van der Waals surface area (Å²) in [5.41, 5.74) is 6.86. The van der Waals surface area contributed by atoms with Crippen molar-refractivity contribution in [2.24, 2.45) is 5.73 Å². The quantitative estimate of drug-likeness (QED) is 0.886. The minimum atomic E-state index is 0.199. The third kappa shape index (κ3) is 3.08. The van der Waals surface area contributed by atoms with Crippen molar-refractivity contribution in [2.45, 2.75) is 13.0 Å². The summed E-state index contributed by atoms with van der Waals surface area (Å²) in [4.78, 5) is 2.18. The van der Waals surface area contributed by atoms with Gasteiger partial charge >= 0.3 is 0 Å². The lowest BCUT2D eigenvalue weighted by Gasteiger charge is -2.26. The Kier molecular flexibility index (Phi) is 4.87. The summed E-state index contributed by atoms with van der Waals surface area (Å²) in [6, 6.07) is 5.86. The molecule has 1 atom stereocenters. The van der Waals surface area contributed by atoms with E-state index in [4.69, 9.17) is 28.9 Å². The molecule has 0 fully saturated rings. The van der Waals surface area contributed by atoms with Gasteiger partial charge in [0.2, 0.25) is 0 Å². The average Bonchev–Trinajstić information content (AvgIpc) is 2.24. The van der Waals surface area contributed by atoms with E-state index in [1.54, 1.807) is 0 Å². The van der Waals surface area contributed by atoms with E-state index in [2.05, 4.69) is 11.8 Å². The lowest BCUT2D eigenvalue weighted by Crippen LogP contribution is -2.30. The van der Waals surface area contributed by atoms with Gasteiger partial charge in [0.1, 0.15) is 0 Å². The van der Waals surface area contributed by atoms with Gasteiger partial charge in [0.15, 0.2) is 0 Å². The standard InChI is InChI=1S/C11H16Cl2N2/c1-3-15(2)11(7-14)8-4-5-9(12)10(13)6-8/h4-6,11H,3,7,14H2,1-2H3. The van der Waals surface area contributed by atoms with Crippen LogP contribution in [0.5, 0.6) is 0 Å². The molecule has 0 heterocycles. The van der Waals surface area contributed by atoms with Gasteiger partial charge in [0, 0.05) is 12.6 Å². The number of hydrogen-bond donors (Lipinski definition) is 1. The molecule has 2 N–H and O–H groups in total. The molecule has 0 bridgehead atoms. The summed E-state index contributed by atoms with van der Waals surface area (Å²) in [7, 11) is 2.04. The van der Waals surface area contributed by atoms with Gasteiger partial charge in [0.25, 0.3) is 0 Å². The zero-order valence-corrected chi connectivity index (χ0v) is 10.5. The van der Waals surface area contributed by atoms with Crippen molar-refractivity contribution in [3.05, 3.63) is 33.8 Å². The van der Waals surface area contributed by atoms with E-state index in [-0.39, 0.29) is 6.04 Å². The summed E-state index contributed by atoms with van der Waals surface area (Å²) in [6.45, 7) is 3.62. The zero-order valence-electron chi connectivity index (χ0n) is 9.00. The summed E-state index contributed by atoms with van der Waals surface area (Å²) < 4.78 is 0. The van der Waals surface area contributed by atoms with Gasteiger partial charge in [-0.05, 0) is 31.3 Å². The highest BCUT2D eigenvalue weighted by molar-refractivity contribution is 6.42. The summed E-state index contributed by atoms with van der Waals surface area (Å²) in [5.74, 6) is 0. The van der Waals surface area contributed by atoms with E-state index in [1.165, 1.54) is 0 Å². The fourth-order valence-corrected chi connectivity index (χ4v) is 1.82. The van der Waals surface area contributed by atoms with Crippen molar-refractivity contribution in [3.63, 3.8) is 0 Å². The Bertz CT molecular complexity index is 328. The second kappa shape index (κ2) is 5.71. The average molecular weight is 247 g/mol. The summed E-state index contributed by atoms with van der Waals surface area (Å²) in [5, 5.41) is 1.16. The monoisotopic (exact) mass is 246 g/mol. The molecule has 84 valence electrons. The van der Waals surface area contributed by atoms with Gasteiger partial charge in [-0.2, -0.15) is 0 Å². The topological polar surface area (TPSA) is 29.3 Å². The van der Waals surface area contributed by atoms with Crippen LogP contribution in [0.25, 0.3) is 0 Å². The zero-order chi connectivity index (χ0) is 11.4. The molecule has 1 unspecified atom stereocenters. The van der Waals surface area contributed by atoms with Crippen molar-refractivity contribution in [1.29, 1.82) is 0 Å². The van der Waals surface area contributed by atoms with Crippen molar-refractivity contribution >= 4 is 23.2 Å². The predicted molar refractivity (Wildman–Crippen MR) is 66.6 cm³/mol. The normalized spacial score (nSPS) is 13.2. The van der Waals surface area contributed by atoms with Crippen LogP contribution < -0.4 is 5.73 Å². The first-order chi connectivity index (χ1) is 7.10. The molecule has 0 amide bonds. The van der Waals surface area contributed by atoms with Crippen molar-refractivity contribution in [3.8, 4) is 0 Å². The van der Waals surface area contributed by atoms with Crippen LogP contribution in [0.1, 0.15) is 18.5 Å². The molecular formula is C11H16Cl2N2. The Morgan fingerprint density at radius 1 is 1.33 bits per heavy atom. The van der Waals surface area contributed by atoms with Crippen LogP contribution in [0, 0.1) is 0 Å². The highest BCUT2D eigenvalue weighted by Crippen LogP contribution is 2.27. The Labute approximate surface area is 101 Å². The van der Waals surface area contributed by atoms with Crippen LogP contribution in [-0.4, -0.2) is 25.0 Å². The van der Waals surface area contributed by atoms with Crippen LogP contribution in [0.2, 0.25) is 10.0 Å². The van der Waals surface area contributed by atoms with E-state index in [0.29, 0.717) is 16.6 Å². The van der Waals surface area contributed by atoms with Crippen molar-refractivity contribution in [2.75, 3.05) is 20.1 Å². The molecule has 1 aromatic rings. The maximum absolute atomic E-state index is 5.97. The second-order valence-electron chi connectivity index (χ2n) is 3.50. The summed E-state index contributed by atoms with van der Waals surface area (Å²) >= 11 is 11.8. The first kappa shape index (κ1) is 12.8. The number of rotatable bonds is 4. The first-order valence-electron chi connectivity index (χ1n) is 4.95. The van der Waals surface area contributed by atoms with Gasteiger partial charge in [-0.1, -0.05) is 36.2 Å². The van der Waals surface area contributed by atoms with Crippen LogP contribution in [0.15, 0.2) is 18.2 Å². The van der Waals surface area contributed by atoms with E-state index in [9.17, 15) is 0 Å². The van der Waals surface area contributed by atoms with Gasteiger partial charge in [0.05, 0.1) is 10.0 Å². The molecule has 0 aliphatic carbocycles. The van der Waals surface area contributed by atoms with Gasteiger partial charge < -0.3 is 5.73 Å². The molecule has 0 saturated heterocycles. The van der Waals surface area contributed by atoms with Gasteiger partial charge in [-0.3, -0.25) is 4.90 Å². The Hall–Kier alpha value is -0.280. The van der Waals surface area contributed by atoms with E-state index in [1.807, 2.05) is 25.2 Å². The molecule has 1 aromatic carbocycles. The molecule has 0 aromatic heterocycles. The number of nitrogens with two attached hydrogens (primary N) is 1. The predicted octanol–water partition coefficient (Wildman–Crippen LogP) is 2.94. The third-order valence-corrected chi connectivity index (χ3v) is 3.32. The van der Waals surface area contributed by atoms with Crippen LogP contribution in [0.4, 0.5) is 0 Å². The van der Waals surface area contributed by atoms with Crippen LogP contribution >= 0.6 is 23.2 Å².